The molecule has 4 heteroatoms. The van der Waals surface area contributed by atoms with Crippen LogP contribution in [0.3, 0.4) is 0 Å². The van der Waals surface area contributed by atoms with E-state index >= 15 is 0 Å². The first kappa shape index (κ1) is 17.9. The normalized spacial score (nSPS) is 27.8. The summed E-state index contributed by atoms with van der Waals surface area (Å²) in [5.41, 5.74) is 0.297. The molecule has 0 bridgehead atoms. The van der Waals surface area contributed by atoms with Crippen LogP contribution in [0.2, 0.25) is 0 Å². The molecule has 1 aliphatic carbocycles. The van der Waals surface area contributed by atoms with Crippen molar-refractivity contribution < 1.29 is 19.3 Å². The maximum atomic E-state index is 10.1. The number of aliphatic hydroxyl groups is 1. The fourth-order valence-corrected chi connectivity index (χ4v) is 2.72. The maximum absolute atomic E-state index is 10.1. The fourth-order valence-electron chi connectivity index (χ4n) is 2.72. The molecule has 1 saturated carbocycles. The summed E-state index contributed by atoms with van der Waals surface area (Å²) >= 11 is 0. The first-order valence-corrected chi connectivity index (χ1v) is 7.81. The zero-order valence-electron chi connectivity index (χ0n) is 13.6. The highest BCUT2D eigenvalue weighted by Gasteiger charge is 2.35. The Kier molecular flexibility index (Phi) is 8.03. The van der Waals surface area contributed by atoms with E-state index in [0.29, 0.717) is 37.8 Å². The molecule has 0 aromatic carbocycles. The van der Waals surface area contributed by atoms with Crippen LogP contribution in [0.1, 0.15) is 46.5 Å². The smallest absolute Gasteiger partial charge is 0.0836 e. The van der Waals surface area contributed by atoms with Gasteiger partial charge in [-0.15, -0.1) is 0 Å². The molecule has 0 aromatic heterocycles. The average molecular weight is 288 g/mol. The van der Waals surface area contributed by atoms with Gasteiger partial charge < -0.3 is 19.3 Å². The van der Waals surface area contributed by atoms with Gasteiger partial charge in [0.2, 0.25) is 0 Å². The van der Waals surface area contributed by atoms with Crippen LogP contribution in [0, 0.1) is 11.3 Å². The van der Waals surface area contributed by atoms with Gasteiger partial charge in [0.25, 0.3) is 0 Å². The third kappa shape index (κ3) is 6.53. The average Bonchev–Trinajstić information content (AvgIpc) is 2.38. The predicted molar refractivity (Wildman–Crippen MR) is 79.9 cm³/mol. The standard InChI is InChI=1S/C16H32O4/c1-16(2,3)13-6-7-14(17)15(12-13)20-9-5-8-19-11-10-18-4/h13-15,17H,5-12H2,1-4H3. The van der Waals surface area contributed by atoms with Gasteiger partial charge in [-0.1, -0.05) is 20.8 Å². The number of aliphatic hydroxyl groups excluding tert-OH is 1. The van der Waals surface area contributed by atoms with E-state index in [2.05, 4.69) is 20.8 Å². The second kappa shape index (κ2) is 8.98. The molecule has 0 amide bonds. The fraction of sp³-hybridized carbons (Fsp3) is 1.00. The lowest BCUT2D eigenvalue weighted by Gasteiger charge is -2.39. The summed E-state index contributed by atoms with van der Waals surface area (Å²) in [6, 6.07) is 0. The summed E-state index contributed by atoms with van der Waals surface area (Å²) in [5, 5.41) is 10.1. The van der Waals surface area contributed by atoms with Gasteiger partial charge in [-0.25, -0.2) is 0 Å². The van der Waals surface area contributed by atoms with E-state index in [0.717, 1.165) is 25.7 Å². The molecule has 4 nitrogen and oxygen atoms in total. The van der Waals surface area contributed by atoms with Gasteiger partial charge >= 0.3 is 0 Å². The molecular weight excluding hydrogens is 256 g/mol. The SMILES string of the molecule is COCCOCCCOC1CC(C(C)(C)C)CCC1O. The largest absolute Gasteiger partial charge is 0.390 e. The van der Waals surface area contributed by atoms with E-state index in [1.54, 1.807) is 7.11 Å². The quantitative estimate of drug-likeness (QED) is 0.698. The molecule has 0 heterocycles. The number of methoxy groups -OCH3 is 1. The second-order valence-electron chi connectivity index (χ2n) is 6.81. The lowest BCUT2D eigenvalue weighted by Crippen LogP contribution is -2.40. The molecule has 0 radical (unpaired) electrons. The summed E-state index contributed by atoms with van der Waals surface area (Å²) in [6.45, 7) is 9.44. The molecule has 0 aliphatic heterocycles. The number of ether oxygens (including phenoxy) is 3. The van der Waals surface area contributed by atoms with E-state index in [9.17, 15) is 5.11 Å². The van der Waals surface area contributed by atoms with Crippen LogP contribution in [0.15, 0.2) is 0 Å². The van der Waals surface area contributed by atoms with Crippen LogP contribution in [-0.2, 0) is 14.2 Å². The Hall–Kier alpha value is -0.160. The van der Waals surface area contributed by atoms with Gasteiger partial charge in [0, 0.05) is 20.3 Å². The van der Waals surface area contributed by atoms with Crippen molar-refractivity contribution >= 4 is 0 Å². The molecule has 20 heavy (non-hydrogen) atoms. The Morgan fingerprint density at radius 3 is 2.45 bits per heavy atom. The van der Waals surface area contributed by atoms with Crippen LogP contribution >= 0.6 is 0 Å². The maximum Gasteiger partial charge on any atom is 0.0836 e. The van der Waals surface area contributed by atoms with E-state index in [1.165, 1.54) is 0 Å². The minimum Gasteiger partial charge on any atom is -0.390 e. The van der Waals surface area contributed by atoms with Crippen LogP contribution in [0.25, 0.3) is 0 Å². The monoisotopic (exact) mass is 288 g/mol. The zero-order chi connectivity index (χ0) is 15.0. The predicted octanol–water partition coefficient (Wildman–Crippen LogP) is 2.63. The first-order valence-electron chi connectivity index (χ1n) is 7.81. The second-order valence-corrected chi connectivity index (χ2v) is 6.81. The molecule has 120 valence electrons. The van der Waals surface area contributed by atoms with E-state index in [-0.39, 0.29) is 12.2 Å². The van der Waals surface area contributed by atoms with Gasteiger partial charge in [0.1, 0.15) is 0 Å². The third-order valence-electron chi connectivity index (χ3n) is 4.18. The van der Waals surface area contributed by atoms with Crippen molar-refractivity contribution in [2.75, 3.05) is 33.5 Å². The molecule has 0 aromatic rings. The summed E-state index contributed by atoms with van der Waals surface area (Å²) in [5.74, 6) is 0.633. The molecule has 3 unspecified atom stereocenters. The Morgan fingerprint density at radius 1 is 1.05 bits per heavy atom. The first-order chi connectivity index (χ1) is 9.45. The Morgan fingerprint density at radius 2 is 1.80 bits per heavy atom. The molecule has 1 aliphatic rings. The number of rotatable bonds is 8. The third-order valence-corrected chi connectivity index (χ3v) is 4.18. The van der Waals surface area contributed by atoms with E-state index < -0.39 is 0 Å². The summed E-state index contributed by atoms with van der Waals surface area (Å²) in [4.78, 5) is 0. The van der Waals surface area contributed by atoms with Crippen molar-refractivity contribution in [3.63, 3.8) is 0 Å². The van der Waals surface area contributed by atoms with E-state index in [4.69, 9.17) is 14.2 Å². The topological polar surface area (TPSA) is 47.9 Å². The van der Waals surface area contributed by atoms with E-state index in [1.807, 2.05) is 0 Å². The van der Waals surface area contributed by atoms with Gasteiger partial charge in [-0.05, 0) is 37.0 Å². The molecule has 0 spiro atoms. The van der Waals surface area contributed by atoms with Gasteiger partial charge in [0.15, 0.2) is 0 Å². The molecule has 1 rings (SSSR count). The molecule has 1 N–H and O–H groups in total. The summed E-state index contributed by atoms with van der Waals surface area (Å²) in [6.07, 6.45) is 3.49. The Labute approximate surface area is 123 Å². The summed E-state index contributed by atoms with van der Waals surface area (Å²) in [7, 11) is 1.67. The minimum atomic E-state index is -0.303. The van der Waals surface area contributed by atoms with Crippen molar-refractivity contribution in [2.45, 2.75) is 58.7 Å². The molecular formula is C16H32O4. The number of hydrogen-bond acceptors (Lipinski definition) is 4. The highest BCUT2D eigenvalue weighted by atomic mass is 16.5. The Bertz CT molecular complexity index is 249. The lowest BCUT2D eigenvalue weighted by molar-refractivity contribution is -0.0872. The molecule has 3 atom stereocenters. The van der Waals surface area contributed by atoms with Gasteiger partial charge in [-0.3, -0.25) is 0 Å². The van der Waals surface area contributed by atoms with Crippen molar-refractivity contribution in [2.24, 2.45) is 11.3 Å². The van der Waals surface area contributed by atoms with Crippen molar-refractivity contribution in [1.82, 2.24) is 0 Å². The molecule has 1 fully saturated rings. The zero-order valence-corrected chi connectivity index (χ0v) is 13.6. The van der Waals surface area contributed by atoms with Gasteiger partial charge in [0.05, 0.1) is 25.4 Å². The highest BCUT2D eigenvalue weighted by molar-refractivity contribution is 4.86. The lowest BCUT2D eigenvalue weighted by atomic mass is 9.71. The van der Waals surface area contributed by atoms with Crippen molar-refractivity contribution in [3.8, 4) is 0 Å². The summed E-state index contributed by atoms with van der Waals surface area (Å²) < 4.78 is 16.2. The van der Waals surface area contributed by atoms with Crippen LogP contribution in [-0.4, -0.2) is 50.9 Å². The molecule has 0 saturated heterocycles. The highest BCUT2D eigenvalue weighted by Crippen LogP contribution is 2.38. The van der Waals surface area contributed by atoms with Gasteiger partial charge in [-0.2, -0.15) is 0 Å². The minimum absolute atomic E-state index is 0.00745. The number of hydrogen-bond donors (Lipinski definition) is 1. The van der Waals surface area contributed by atoms with Crippen LogP contribution in [0.5, 0.6) is 0 Å². The van der Waals surface area contributed by atoms with Crippen LogP contribution in [0.4, 0.5) is 0 Å². The van der Waals surface area contributed by atoms with Crippen molar-refractivity contribution in [1.29, 1.82) is 0 Å². The Balaban J connectivity index is 2.17. The van der Waals surface area contributed by atoms with Crippen molar-refractivity contribution in [3.05, 3.63) is 0 Å². The van der Waals surface area contributed by atoms with Crippen LogP contribution < -0.4 is 0 Å².